The molecule has 6 rings (SSSR count). The minimum absolute atomic E-state index is 0.213. The molecule has 0 unspecified atom stereocenters. The lowest BCUT2D eigenvalue weighted by molar-refractivity contribution is 0.0256. The average Bonchev–Trinajstić information content (AvgIpc) is 3.15. The molecular formula is C31H35N3O3. The van der Waals surface area contributed by atoms with Crippen molar-refractivity contribution in [3.05, 3.63) is 66.2 Å². The number of fused-ring (bicyclic) bond motifs is 1. The molecule has 0 bridgehead atoms. The number of benzene rings is 3. The highest BCUT2D eigenvalue weighted by Crippen LogP contribution is 2.45. The van der Waals surface area contributed by atoms with Crippen LogP contribution in [0.25, 0.3) is 22.2 Å². The number of nitrogens with zero attached hydrogens (tertiary/aromatic N) is 1. The molecule has 192 valence electrons. The van der Waals surface area contributed by atoms with E-state index >= 15 is 0 Å². The van der Waals surface area contributed by atoms with E-state index in [2.05, 4.69) is 65.3 Å². The van der Waals surface area contributed by atoms with Gasteiger partial charge in [0.05, 0.1) is 37.2 Å². The van der Waals surface area contributed by atoms with E-state index in [-0.39, 0.29) is 6.10 Å². The topological polar surface area (TPSA) is 70.7 Å². The van der Waals surface area contributed by atoms with E-state index < -0.39 is 0 Å². The van der Waals surface area contributed by atoms with Gasteiger partial charge in [0.25, 0.3) is 0 Å². The number of methoxy groups -OCH3 is 1. The van der Waals surface area contributed by atoms with Gasteiger partial charge in [-0.1, -0.05) is 12.1 Å². The average molecular weight is 498 g/mol. The highest BCUT2D eigenvalue weighted by atomic mass is 16.5. The van der Waals surface area contributed by atoms with Crippen molar-refractivity contribution in [2.75, 3.05) is 31.4 Å². The normalized spacial score (nSPS) is 16.5. The van der Waals surface area contributed by atoms with E-state index in [1.54, 1.807) is 7.11 Å². The molecule has 6 nitrogen and oxygen atoms in total. The Morgan fingerprint density at radius 3 is 2.35 bits per heavy atom. The number of anilines is 3. The highest BCUT2D eigenvalue weighted by molar-refractivity contribution is 6.01. The van der Waals surface area contributed by atoms with Gasteiger partial charge in [0, 0.05) is 47.3 Å². The Morgan fingerprint density at radius 2 is 1.68 bits per heavy atom. The Kier molecular flexibility index (Phi) is 6.43. The quantitative estimate of drug-likeness (QED) is 0.282. The summed E-state index contributed by atoms with van der Waals surface area (Å²) in [7, 11) is 1.70. The molecule has 1 aliphatic carbocycles. The number of aryl methyl sites for hydroxylation is 1. The molecule has 2 aliphatic rings. The molecule has 0 radical (unpaired) electrons. The lowest BCUT2D eigenvalue weighted by atomic mass is 9.92. The molecule has 1 saturated carbocycles. The van der Waals surface area contributed by atoms with E-state index in [9.17, 15) is 0 Å². The van der Waals surface area contributed by atoms with Crippen molar-refractivity contribution in [3.63, 3.8) is 0 Å². The molecule has 4 aromatic rings. The second-order valence-corrected chi connectivity index (χ2v) is 10.2. The number of hydrogen-bond acceptors (Lipinski definition) is 5. The second kappa shape index (κ2) is 10.0. The van der Waals surface area contributed by atoms with E-state index in [0.717, 1.165) is 82.3 Å². The fourth-order valence-corrected chi connectivity index (χ4v) is 5.53. The Balaban J connectivity index is 1.32. The van der Waals surface area contributed by atoms with Crippen LogP contribution in [0.1, 0.15) is 43.7 Å². The number of nitrogen functional groups attached to an aromatic ring is 1. The van der Waals surface area contributed by atoms with E-state index in [1.165, 1.54) is 19.3 Å². The van der Waals surface area contributed by atoms with E-state index in [0.29, 0.717) is 6.04 Å². The summed E-state index contributed by atoms with van der Waals surface area (Å²) in [4.78, 5) is 0. The lowest BCUT2D eigenvalue weighted by Crippen LogP contribution is -2.25. The van der Waals surface area contributed by atoms with Gasteiger partial charge in [0.1, 0.15) is 17.6 Å². The number of aromatic nitrogens is 1. The van der Waals surface area contributed by atoms with Gasteiger partial charge in [0.15, 0.2) is 0 Å². The summed E-state index contributed by atoms with van der Waals surface area (Å²) in [5.41, 5.74) is 14.2. The summed E-state index contributed by atoms with van der Waals surface area (Å²) in [6.45, 7) is 3.59. The van der Waals surface area contributed by atoms with E-state index in [1.807, 2.05) is 12.1 Å². The van der Waals surface area contributed by atoms with Gasteiger partial charge in [0.2, 0.25) is 0 Å². The summed E-state index contributed by atoms with van der Waals surface area (Å²) in [6.07, 6.45) is 5.70. The predicted molar refractivity (Wildman–Crippen MR) is 150 cm³/mol. The number of hydrogen-bond donors (Lipinski definition) is 2. The Hall–Kier alpha value is -3.64. The van der Waals surface area contributed by atoms with Crippen LogP contribution in [0.2, 0.25) is 0 Å². The molecule has 3 aromatic carbocycles. The fraction of sp³-hybridized carbons (Fsp3) is 0.355. The number of rotatable bonds is 7. The lowest BCUT2D eigenvalue weighted by Gasteiger charge is -2.30. The second-order valence-electron chi connectivity index (χ2n) is 10.2. The molecular weight excluding hydrogens is 462 g/mol. The molecule has 3 N–H and O–H groups in total. The predicted octanol–water partition coefficient (Wildman–Crippen LogP) is 7.23. The Morgan fingerprint density at radius 1 is 0.919 bits per heavy atom. The summed E-state index contributed by atoms with van der Waals surface area (Å²) < 4.78 is 19.7. The third-order valence-corrected chi connectivity index (χ3v) is 7.77. The Bertz CT molecular complexity index is 1400. The zero-order chi connectivity index (χ0) is 25.4. The van der Waals surface area contributed by atoms with Crippen LogP contribution in [-0.4, -0.2) is 31.0 Å². The monoisotopic (exact) mass is 497 g/mol. The van der Waals surface area contributed by atoms with Gasteiger partial charge < -0.3 is 29.8 Å². The van der Waals surface area contributed by atoms with Crippen molar-refractivity contribution in [2.45, 2.75) is 51.2 Å². The SMILES string of the molecule is COc1ccc(Nc2ccc(-c3c(N)c4ccc(OC5CCOCC5)cc4n3C3CCC3)cc2)cc1C. The van der Waals surface area contributed by atoms with Gasteiger partial charge in [-0.05, 0) is 74.2 Å². The molecule has 37 heavy (non-hydrogen) atoms. The van der Waals surface area contributed by atoms with Crippen molar-refractivity contribution in [1.82, 2.24) is 4.57 Å². The van der Waals surface area contributed by atoms with Crippen LogP contribution in [0.4, 0.5) is 17.1 Å². The third-order valence-electron chi connectivity index (χ3n) is 7.77. The molecule has 0 amide bonds. The summed E-state index contributed by atoms with van der Waals surface area (Å²) in [5.74, 6) is 1.81. The highest BCUT2D eigenvalue weighted by Gasteiger charge is 2.27. The minimum atomic E-state index is 0.213. The summed E-state index contributed by atoms with van der Waals surface area (Å²) >= 11 is 0. The van der Waals surface area contributed by atoms with Gasteiger partial charge in [-0.3, -0.25) is 0 Å². The molecule has 1 aromatic heterocycles. The fourth-order valence-electron chi connectivity index (χ4n) is 5.53. The molecule has 2 fully saturated rings. The third kappa shape index (κ3) is 4.62. The van der Waals surface area contributed by atoms with Crippen LogP contribution < -0.4 is 20.5 Å². The first-order valence-corrected chi connectivity index (χ1v) is 13.3. The molecule has 0 spiro atoms. The molecule has 0 atom stereocenters. The summed E-state index contributed by atoms with van der Waals surface area (Å²) in [6, 6.07) is 21.5. The standard InChI is InChI=1S/C31H35N3O3/c1-20-18-23(10-13-29(20)35-2)33-22-8-6-21(7-9-22)31-30(32)27-12-11-26(37-25-14-16-36-17-15-25)19-28(27)34(31)24-4-3-5-24/h6-13,18-19,24-25,33H,3-5,14-17,32H2,1-2H3. The number of nitrogens with one attached hydrogen (secondary N) is 1. The first-order chi connectivity index (χ1) is 18.1. The van der Waals surface area contributed by atoms with Crippen LogP contribution >= 0.6 is 0 Å². The largest absolute Gasteiger partial charge is 0.496 e. The van der Waals surface area contributed by atoms with Crippen LogP contribution in [0.15, 0.2) is 60.7 Å². The minimum Gasteiger partial charge on any atom is -0.496 e. The number of nitrogens with two attached hydrogens (primary N) is 1. The van der Waals surface area contributed by atoms with Crippen LogP contribution in [0, 0.1) is 6.92 Å². The first-order valence-electron chi connectivity index (χ1n) is 13.3. The van der Waals surface area contributed by atoms with Crippen molar-refractivity contribution in [1.29, 1.82) is 0 Å². The summed E-state index contributed by atoms with van der Waals surface area (Å²) in [5, 5.41) is 4.60. The zero-order valence-corrected chi connectivity index (χ0v) is 21.6. The number of ether oxygens (including phenoxy) is 3. The maximum absolute atomic E-state index is 6.82. The Labute approximate surface area is 218 Å². The zero-order valence-electron chi connectivity index (χ0n) is 21.6. The van der Waals surface area contributed by atoms with Crippen molar-refractivity contribution in [3.8, 4) is 22.8 Å². The molecule has 2 heterocycles. The molecule has 1 aliphatic heterocycles. The maximum atomic E-state index is 6.82. The van der Waals surface area contributed by atoms with E-state index in [4.69, 9.17) is 19.9 Å². The molecule has 6 heteroatoms. The van der Waals surface area contributed by atoms with Crippen molar-refractivity contribution >= 4 is 28.0 Å². The van der Waals surface area contributed by atoms with Gasteiger partial charge >= 0.3 is 0 Å². The smallest absolute Gasteiger partial charge is 0.121 e. The van der Waals surface area contributed by atoms with Crippen LogP contribution in [-0.2, 0) is 4.74 Å². The van der Waals surface area contributed by atoms with Crippen LogP contribution in [0.3, 0.4) is 0 Å². The van der Waals surface area contributed by atoms with Gasteiger partial charge in [-0.15, -0.1) is 0 Å². The maximum Gasteiger partial charge on any atom is 0.121 e. The van der Waals surface area contributed by atoms with Crippen LogP contribution in [0.5, 0.6) is 11.5 Å². The van der Waals surface area contributed by atoms with Gasteiger partial charge in [-0.2, -0.15) is 0 Å². The van der Waals surface area contributed by atoms with Crippen molar-refractivity contribution < 1.29 is 14.2 Å². The van der Waals surface area contributed by atoms with Gasteiger partial charge in [-0.25, -0.2) is 0 Å². The van der Waals surface area contributed by atoms with Crippen molar-refractivity contribution in [2.24, 2.45) is 0 Å². The molecule has 1 saturated heterocycles. The first kappa shape index (κ1) is 23.7.